The number of benzene rings is 3. The summed E-state index contributed by atoms with van der Waals surface area (Å²) in [6, 6.07) is 20.0. The second-order valence-corrected chi connectivity index (χ2v) is 11.2. The quantitative estimate of drug-likeness (QED) is 0.482. The van der Waals surface area contributed by atoms with Crippen molar-refractivity contribution < 1.29 is 23.9 Å². The maximum atomic E-state index is 14.8. The number of nitrogens with zero attached hydrogens (tertiary/aromatic N) is 1. The Kier molecular flexibility index (Phi) is 4.79. The summed E-state index contributed by atoms with van der Waals surface area (Å²) in [4.78, 5) is 46.0. The van der Waals surface area contributed by atoms with Crippen molar-refractivity contribution in [2.75, 3.05) is 25.8 Å². The Bertz CT molecular complexity index is 1480. The van der Waals surface area contributed by atoms with Gasteiger partial charge in [-0.3, -0.25) is 19.3 Å². The number of methoxy groups -OCH3 is 2. The average molecular weight is 512 g/mol. The summed E-state index contributed by atoms with van der Waals surface area (Å²) in [5, 5.41) is 0. The van der Waals surface area contributed by atoms with Crippen LogP contribution in [0, 0.1) is 5.41 Å². The average Bonchev–Trinajstić information content (AvgIpc) is 3.63. The minimum atomic E-state index is -1.61. The molecule has 0 radical (unpaired) electrons. The van der Waals surface area contributed by atoms with Gasteiger partial charge in [0.05, 0.1) is 19.6 Å². The summed E-state index contributed by atoms with van der Waals surface area (Å²) < 4.78 is 11.4. The normalized spacial score (nSPS) is 27.1. The number of Topliss-reactive ketones (excluding diaryl/α,β-unsaturated/α-hetero) is 3. The topological polar surface area (TPSA) is 72.9 Å². The summed E-state index contributed by atoms with van der Waals surface area (Å²) in [6.07, 6.45) is 0.316. The number of hydrogen-bond donors (Lipinski definition) is 0. The van der Waals surface area contributed by atoms with Crippen molar-refractivity contribution in [3.8, 4) is 11.5 Å². The van der Waals surface area contributed by atoms with E-state index in [9.17, 15) is 14.4 Å². The van der Waals surface area contributed by atoms with Gasteiger partial charge in [-0.1, -0.05) is 48.5 Å². The third-order valence-corrected chi connectivity index (χ3v) is 9.93. The van der Waals surface area contributed by atoms with Gasteiger partial charge in [-0.15, -0.1) is 11.8 Å². The first-order chi connectivity index (χ1) is 18.0. The molecule has 2 aliphatic carbocycles. The third-order valence-electron chi connectivity index (χ3n) is 8.89. The molecule has 4 aliphatic rings. The number of ether oxygens (including phenoxy) is 2. The van der Waals surface area contributed by atoms with Crippen LogP contribution in [0.25, 0.3) is 0 Å². The van der Waals surface area contributed by atoms with Gasteiger partial charge in [0.1, 0.15) is 11.5 Å². The highest BCUT2D eigenvalue weighted by Gasteiger charge is 2.81. The number of carbonyl (C=O) groups is 3. The van der Waals surface area contributed by atoms with E-state index in [4.69, 9.17) is 9.47 Å². The molecule has 186 valence electrons. The van der Waals surface area contributed by atoms with Crippen LogP contribution in [0.3, 0.4) is 0 Å². The van der Waals surface area contributed by atoms with Crippen LogP contribution in [0.1, 0.15) is 48.1 Å². The fourth-order valence-corrected chi connectivity index (χ4v) is 8.84. The molecule has 0 saturated carbocycles. The smallest absolute Gasteiger partial charge is 0.192 e. The lowest BCUT2D eigenvalue weighted by atomic mass is 9.58. The van der Waals surface area contributed by atoms with Gasteiger partial charge in [-0.2, -0.15) is 0 Å². The van der Waals surface area contributed by atoms with Crippen LogP contribution in [-0.4, -0.2) is 59.7 Å². The molecule has 2 aliphatic heterocycles. The first kappa shape index (κ1) is 22.8. The van der Waals surface area contributed by atoms with Crippen LogP contribution in [0.4, 0.5) is 0 Å². The summed E-state index contributed by atoms with van der Waals surface area (Å²) in [7, 11) is 3.21. The van der Waals surface area contributed by atoms with Crippen molar-refractivity contribution in [1.29, 1.82) is 0 Å². The molecule has 7 heteroatoms. The molecular weight excluding hydrogens is 486 g/mol. The highest BCUT2D eigenvalue weighted by Crippen LogP contribution is 2.68. The lowest BCUT2D eigenvalue weighted by Crippen LogP contribution is -2.64. The largest absolute Gasteiger partial charge is 0.497 e. The minimum Gasteiger partial charge on any atom is -0.497 e. The Morgan fingerprint density at radius 3 is 2.16 bits per heavy atom. The Morgan fingerprint density at radius 2 is 1.51 bits per heavy atom. The molecule has 0 amide bonds. The third kappa shape index (κ3) is 2.54. The number of thioether (sulfide) groups is 1. The Hall–Kier alpha value is -3.42. The van der Waals surface area contributed by atoms with Crippen LogP contribution in [0.15, 0.2) is 66.7 Å². The molecule has 7 rings (SSSR count). The molecule has 0 N–H and O–H groups in total. The zero-order valence-electron chi connectivity index (χ0n) is 20.5. The first-order valence-electron chi connectivity index (χ1n) is 12.4. The van der Waals surface area contributed by atoms with E-state index >= 15 is 0 Å². The van der Waals surface area contributed by atoms with Gasteiger partial charge >= 0.3 is 0 Å². The van der Waals surface area contributed by atoms with E-state index in [0.29, 0.717) is 46.2 Å². The van der Waals surface area contributed by atoms with Gasteiger partial charge in [-0.05, 0) is 30.2 Å². The van der Waals surface area contributed by atoms with Crippen molar-refractivity contribution in [2.45, 2.75) is 23.9 Å². The van der Waals surface area contributed by atoms with E-state index in [-0.39, 0.29) is 23.4 Å². The zero-order chi connectivity index (χ0) is 25.5. The molecule has 3 atom stereocenters. The van der Waals surface area contributed by atoms with Crippen molar-refractivity contribution in [3.05, 3.63) is 94.5 Å². The fraction of sp³-hybridized carbons (Fsp3) is 0.300. The lowest BCUT2D eigenvalue weighted by Gasteiger charge is -2.43. The summed E-state index contributed by atoms with van der Waals surface area (Å²) >= 11 is 1.70. The van der Waals surface area contributed by atoms with Crippen molar-refractivity contribution in [3.63, 3.8) is 0 Å². The summed E-state index contributed by atoms with van der Waals surface area (Å²) in [5.74, 6) is 1.37. The molecule has 0 unspecified atom stereocenters. The molecule has 3 aromatic rings. The second kappa shape index (κ2) is 7.79. The Labute approximate surface area is 218 Å². The SMILES string of the molecule is COc1ccc(OC)c([C@@H]2[C@H]3CSCN3C3(C(=O)c4ccccc4C3=O)[C@]23Cc2ccccc2C3=O)c1. The van der Waals surface area contributed by atoms with E-state index in [2.05, 4.69) is 4.90 Å². The molecule has 2 spiro atoms. The zero-order valence-corrected chi connectivity index (χ0v) is 21.3. The molecule has 3 aromatic carbocycles. The van der Waals surface area contributed by atoms with Crippen molar-refractivity contribution in [1.82, 2.24) is 4.90 Å². The molecule has 0 aromatic heterocycles. The second-order valence-electron chi connectivity index (χ2n) is 10.2. The number of rotatable bonds is 3. The van der Waals surface area contributed by atoms with E-state index in [1.165, 1.54) is 0 Å². The standard InChI is InChI=1S/C30H25NO5S/c1-35-18-11-12-24(36-2)22(13-18)25-23-15-37-16-31(23)30(27(33)20-9-5-6-10-21(20)28(30)34)29(25)14-17-7-3-4-8-19(17)26(29)32/h3-13,23,25H,14-16H2,1-2H3/t23-,25-,29-/m1/s1. The summed E-state index contributed by atoms with van der Waals surface area (Å²) in [5.41, 5.74) is 0.167. The van der Waals surface area contributed by atoms with Crippen LogP contribution < -0.4 is 9.47 Å². The first-order valence-corrected chi connectivity index (χ1v) is 13.5. The van der Waals surface area contributed by atoms with E-state index in [0.717, 1.165) is 11.1 Å². The van der Waals surface area contributed by atoms with Gasteiger partial charge in [-0.25, -0.2) is 0 Å². The van der Waals surface area contributed by atoms with E-state index in [1.807, 2.05) is 42.5 Å². The molecule has 2 heterocycles. The number of ketones is 3. The molecule has 37 heavy (non-hydrogen) atoms. The van der Waals surface area contributed by atoms with Gasteiger partial charge < -0.3 is 9.47 Å². The number of carbonyl (C=O) groups excluding carboxylic acids is 3. The predicted octanol–water partition coefficient (Wildman–Crippen LogP) is 4.42. The van der Waals surface area contributed by atoms with Gasteiger partial charge in [0.2, 0.25) is 0 Å². The highest BCUT2D eigenvalue weighted by molar-refractivity contribution is 7.99. The molecule has 6 nitrogen and oxygen atoms in total. The monoisotopic (exact) mass is 511 g/mol. The lowest BCUT2D eigenvalue weighted by molar-refractivity contribution is 0.0319. The highest BCUT2D eigenvalue weighted by atomic mass is 32.2. The molecule has 0 bridgehead atoms. The van der Waals surface area contributed by atoms with E-state index in [1.54, 1.807) is 50.2 Å². The van der Waals surface area contributed by atoms with Crippen LogP contribution in [-0.2, 0) is 6.42 Å². The van der Waals surface area contributed by atoms with Gasteiger partial charge in [0, 0.05) is 45.8 Å². The molecular formula is C30H25NO5S. The van der Waals surface area contributed by atoms with E-state index < -0.39 is 16.9 Å². The fourth-order valence-electron chi connectivity index (χ4n) is 7.54. The van der Waals surface area contributed by atoms with Gasteiger partial charge in [0.15, 0.2) is 22.9 Å². The predicted molar refractivity (Wildman–Crippen MR) is 140 cm³/mol. The van der Waals surface area contributed by atoms with Crippen LogP contribution in [0.2, 0.25) is 0 Å². The van der Waals surface area contributed by atoms with Gasteiger partial charge in [0.25, 0.3) is 0 Å². The minimum absolute atomic E-state index is 0.133. The maximum absolute atomic E-state index is 14.8. The Morgan fingerprint density at radius 1 is 0.838 bits per heavy atom. The Balaban J connectivity index is 1.58. The van der Waals surface area contributed by atoms with Crippen molar-refractivity contribution >= 4 is 29.1 Å². The maximum Gasteiger partial charge on any atom is 0.192 e. The molecule has 2 saturated heterocycles. The summed E-state index contributed by atoms with van der Waals surface area (Å²) in [6.45, 7) is 0. The number of fused-ring (bicyclic) bond motifs is 5. The number of hydrogen-bond acceptors (Lipinski definition) is 7. The van der Waals surface area contributed by atoms with Crippen molar-refractivity contribution in [2.24, 2.45) is 5.41 Å². The molecule has 2 fully saturated rings. The van der Waals surface area contributed by atoms with Crippen LogP contribution in [0.5, 0.6) is 11.5 Å². The van der Waals surface area contributed by atoms with Crippen LogP contribution >= 0.6 is 11.8 Å².